The Morgan fingerprint density at radius 2 is 1.83 bits per heavy atom. The van der Waals surface area contributed by atoms with Crippen LogP contribution < -0.4 is 5.32 Å². The van der Waals surface area contributed by atoms with Crippen molar-refractivity contribution in [3.05, 3.63) is 87.6 Å². The number of nitrogens with one attached hydrogen (secondary N) is 1. The summed E-state index contributed by atoms with van der Waals surface area (Å²) in [6.45, 7) is -0.114. The molecule has 1 aliphatic heterocycles. The number of urea groups is 1. The quantitative estimate of drug-likeness (QED) is 0.400. The first-order valence-corrected chi connectivity index (χ1v) is 10.6. The molecule has 0 spiro atoms. The van der Waals surface area contributed by atoms with Crippen LogP contribution in [0.25, 0.3) is 6.08 Å². The molecular formula is C21H14ClFN2O2S2. The molecule has 0 atom stereocenters. The first kappa shape index (κ1) is 19.7. The van der Waals surface area contributed by atoms with E-state index in [9.17, 15) is 14.0 Å². The number of benzene rings is 2. The van der Waals surface area contributed by atoms with Gasteiger partial charge in [0, 0.05) is 20.4 Å². The molecule has 3 aromatic rings. The van der Waals surface area contributed by atoms with Gasteiger partial charge in [-0.25, -0.2) is 9.18 Å². The molecule has 2 heterocycles. The van der Waals surface area contributed by atoms with E-state index in [0.29, 0.717) is 5.02 Å². The van der Waals surface area contributed by atoms with Crippen LogP contribution >= 0.6 is 34.7 Å². The van der Waals surface area contributed by atoms with Gasteiger partial charge in [-0.05, 0) is 48.5 Å². The minimum atomic E-state index is -0.558. The van der Waals surface area contributed by atoms with Crippen LogP contribution in [-0.2, 0) is 11.3 Å². The van der Waals surface area contributed by atoms with Gasteiger partial charge in [0.25, 0.3) is 5.91 Å². The second-order valence-corrected chi connectivity index (χ2v) is 9.11. The molecule has 4 rings (SSSR count). The van der Waals surface area contributed by atoms with Crippen LogP contribution in [0.5, 0.6) is 0 Å². The molecular weight excluding hydrogens is 431 g/mol. The summed E-state index contributed by atoms with van der Waals surface area (Å²) < 4.78 is 14.9. The number of rotatable bonds is 5. The van der Waals surface area contributed by atoms with E-state index in [1.807, 2.05) is 36.4 Å². The summed E-state index contributed by atoms with van der Waals surface area (Å²) in [6.07, 6.45) is 1.64. The number of carbonyl (C=O) groups is 2. The molecule has 1 fully saturated rings. The fraction of sp³-hybridized carbons (Fsp3) is 0.0476. The minimum Gasteiger partial charge on any atom is -0.303 e. The minimum absolute atomic E-state index is 0.114. The predicted octanol–water partition coefficient (Wildman–Crippen LogP) is 5.78. The maximum absolute atomic E-state index is 13.9. The Morgan fingerprint density at radius 3 is 2.59 bits per heavy atom. The van der Waals surface area contributed by atoms with E-state index in [1.165, 1.54) is 17.4 Å². The molecule has 0 radical (unpaired) electrons. The zero-order valence-corrected chi connectivity index (χ0v) is 17.3. The standard InChI is InChI=1S/C21H14ClFN2O2S2/c22-14-5-7-15(8-6-14)28-19-10-9-16(29-19)11-18-20(26)25(21(27)24-18)12-13-3-1-2-4-17(13)23/h1-11H,12H2,(H,24,27)/b18-11+. The topological polar surface area (TPSA) is 49.4 Å². The predicted molar refractivity (Wildman–Crippen MR) is 113 cm³/mol. The number of hydrogen-bond acceptors (Lipinski definition) is 4. The van der Waals surface area contributed by atoms with Crippen LogP contribution in [-0.4, -0.2) is 16.8 Å². The van der Waals surface area contributed by atoms with E-state index in [1.54, 1.807) is 36.0 Å². The average Bonchev–Trinajstić information content (AvgIpc) is 3.25. The van der Waals surface area contributed by atoms with Crippen LogP contribution in [0.15, 0.2) is 75.5 Å². The van der Waals surface area contributed by atoms with Crippen LogP contribution in [0.1, 0.15) is 10.4 Å². The van der Waals surface area contributed by atoms with Crippen molar-refractivity contribution in [2.45, 2.75) is 15.6 Å². The molecule has 4 nitrogen and oxygen atoms in total. The summed E-state index contributed by atoms with van der Waals surface area (Å²) in [7, 11) is 0. The lowest BCUT2D eigenvalue weighted by Crippen LogP contribution is -2.30. The Hall–Kier alpha value is -2.61. The van der Waals surface area contributed by atoms with Gasteiger partial charge in [-0.2, -0.15) is 0 Å². The lowest BCUT2D eigenvalue weighted by atomic mass is 10.2. The number of imide groups is 1. The lowest BCUT2D eigenvalue weighted by Gasteiger charge is -2.12. The van der Waals surface area contributed by atoms with Crippen molar-refractivity contribution in [3.8, 4) is 0 Å². The Bertz CT molecular complexity index is 1110. The fourth-order valence-electron chi connectivity index (χ4n) is 2.74. The Kier molecular flexibility index (Phi) is 5.71. The number of thiophene rings is 1. The second-order valence-electron chi connectivity index (χ2n) is 6.18. The van der Waals surface area contributed by atoms with Gasteiger partial charge >= 0.3 is 6.03 Å². The summed E-state index contributed by atoms with van der Waals surface area (Å²) in [5.74, 6) is -0.925. The van der Waals surface area contributed by atoms with E-state index in [4.69, 9.17) is 11.6 Å². The van der Waals surface area contributed by atoms with Gasteiger partial charge in [0.2, 0.25) is 0 Å². The van der Waals surface area contributed by atoms with Crippen molar-refractivity contribution >= 4 is 52.7 Å². The molecule has 0 saturated carbocycles. The van der Waals surface area contributed by atoms with Crippen molar-refractivity contribution in [1.29, 1.82) is 0 Å². The Balaban J connectivity index is 1.48. The molecule has 1 N–H and O–H groups in total. The van der Waals surface area contributed by atoms with Crippen LogP contribution in [0.4, 0.5) is 9.18 Å². The third-order valence-electron chi connectivity index (χ3n) is 4.17. The number of hydrogen-bond donors (Lipinski definition) is 1. The molecule has 3 amide bonds. The first-order valence-electron chi connectivity index (χ1n) is 8.61. The SMILES string of the molecule is O=C1N/C(=C/c2ccc(Sc3ccc(Cl)cc3)s2)C(=O)N1Cc1ccccc1F. The molecule has 146 valence electrons. The van der Waals surface area contributed by atoms with E-state index in [0.717, 1.165) is 18.9 Å². The van der Waals surface area contributed by atoms with Crippen molar-refractivity contribution in [1.82, 2.24) is 10.2 Å². The van der Waals surface area contributed by atoms with Gasteiger partial charge in [0.1, 0.15) is 11.5 Å². The highest BCUT2D eigenvalue weighted by molar-refractivity contribution is 8.01. The first-order chi connectivity index (χ1) is 14.0. The zero-order valence-electron chi connectivity index (χ0n) is 14.9. The van der Waals surface area contributed by atoms with Crippen LogP contribution in [0.3, 0.4) is 0 Å². The second kappa shape index (κ2) is 8.41. The van der Waals surface area contributed by atoms with Gasteiger partial charge in [-0.1, -0.05) is 41.6 Å². The molecule has 29 heavy (non-hydrogen) atoms. The zero-order chi connectivity index (χ0) is 20.4. The lowest BCUT2D eigenvalue weighted by molar-refractivity contribution is -0.123. The molecule has 8 heteroatoms. The normalized spacial score (nSPS) is 15.2. The highest BCUT2D eigenvalue weighted by Crippen LogP contribution is 2.35. The van der Waals surface area contributed by atoms with Gasteiger partial charge < -0.3 is 5.32 Å². The number of amides is 3. The highest BCUT2D eigenvalue weighted by atomic mass is 35.5. The average molecular weight is 445 g/mol. The molecule has 0 unspecified atom stereocenters. The van der Waals surface area contributed by atoms with Gasteiger partial charge in [0.05, 0.1) is 10.8 Å². The van der Waals surface area contributed by atoms with Crippen molar-refractivity contribution < 1.29 is 14.0 Å². The molecule has 1 saturated heterocycles. The monoisotopic (exact) mass is 444 g/mol. The third kappa shape index (κ3) is 4.53. The fourth-order valence-corrected chi connectivity index (χ4v) is 4.93. The van der Waals surface area contributed by atoms with E-state index < -0.39 is 17.8 Å². The van der Waals surface area contributed by atoms with E-state index in [2.05, 4.69) is 5.32 Å². The number of carbonyl (C=O) groups excluding carboxylic acids is 2. The third-order valence-corrected chi connectivity index (χ3v) is 6.59. The molecule has 2 aromatic carbocycles. The molecule has 0 bridgehead atoms. The smallest absolute Gasteiger partial charge is 0.303 e. The number of halogens is 2. The summed E-state index contributed by atoms with van der Waals surface area (Å²) >= 11 is 8.99. The largest absolute Gasteiger partial charge is 0.329 e. The summed E-state index contributed by atoms with van der Waals surface area (Å²) in [5.41, 5.74) is 0.464. The molecule has 0 aliphatic carbocycles. The van der Waals surface area contributed by atoms with Crippen LogP contribution in [0.2, 0.25) is 5.02 Å². The van der Waals surface area contributed by atoms with Gasteiger partial charge in [-0.15, -0.1) is 11.3 Å². The maximum Gasteiger partial charge on any atom is 0.329 e. The van der Waals surface area contributed by atoms with Crippen molar-refractivity contribution in [2.24, 2.45) is 0 Å². The Morgan fingerprint density at radius 1 is 1.07 bits per heavy atom. The molecule has 1 aliphatic rings. The Labute approximate surface area is 180 Å². The van der Waals surface area contributed by atoms with E-state index in [-0.39, 0.29) is 17.8 Å². The van der Waals surface area contributed by atoms with Crippen molar-refractivity contribution in [3.63, 3.8) is 0 Å². The highest BCUT2D eigenvalue weighted by Gasteiger charge is 2.34. The summed E-state index contributed by atoms with van der Waals surface area (Å²) in [5, 5.41) is 3.25. The number of nitrogens with zero attached hydrogens (tertiary/aromatic N) is 1. The van der Waals surface area contributed by atoms with E-state index >= 15 is 0 Å². The maximum atomic E-state index is 13.9. The van der Waals surface area contributed by atoms with Crippen LogP contribution in [0, 0.1) is 5.82 Å². The summed E-state index contributed by atoms with van der Waals surface area (Å²) in [6, 6.07) is 16.9. The van der Waals surface area contributed by atoms with Gasteiger partial charge in [-0.3, -0.25) is 9.69 Å². The summed E-state index contributed by atoms with van der Waals surface area (Å²) in [4.78, 5) is 27.7. The van der Waals surface area contributed by atoms with Crippen molar-refractivity contribution in [2.75, 3.05) is 0 Å². The van der Waals surface area contributed by atoms with Gasteiger partial charge in [0.15, 0.2) is 0 Å². The molecule has 1 aromatic heterocycles.